The largest absolute Gasteiger partial charge is 0.465 e. The Bertz CT molecular complexity index is 437. The Morgan fingerprint density at radius 2 is 2.11 bits per heavy atom. The van der Waals surface area contributed by atoms with Crippen LogP contribution in [0, 0.1) is 0 Å². The topological polar surface area (TPSA) is 59.5 Å². The number of hydrogen-bond donors (Lipinski definition) is 0. The van der Waals surface area contributed by atoms with Gasteiger partial charge in [-0.1, -0.05) is 17.7 Å². The van der Waals surface area contributed by atoms with E-state index in [2.05, 4.69) is 4.98 Å². The molecule has 0 fully saturated rings. The van der Waals surface area contributed by atoms with Crippen molar-refractivity contribution in [1.82, 2.24) is 9.88 Å². The highest BCUT2D eigenvalue weighted by atomic mass is 35.5. The van der Waals surface area contributed by atoms with Gasteiger partial charge in [0.05, 0.1) is 6.61 Å². The molecule has 5 nitrogen and oxygen atoms in total. The van der Waals surface area contributed by atoms with Gasteiger partial charge in [0.2, 0.25) is 0 Å². The molecule has 0 saturated carbocycles. The molecule has 0 aliphatic heterocycles. The number of carbonyl (C=O) groups excluding carboxylic acids is 2. The molecular formula is C12H15ClN2O3. The minimum Gasteiger partial charge on any atom is -0.465 e. The van der Waals surface area contributed by atoms with Crippen LogP contribution in [0.5, 0.6) is 0 Å². The van der Waals surface area contributed by atoms with E-state index in [9.17, 15) is 9.59 Å². The second-order valence-corrected chi connectivity index (χ2v) is 3.86. The zero-order valence-corrected chi connectivity index (χ0v) is 11.1. The van der Waals surface area contributed by atoms with Gasteiger partial charge >= 0.3 is 5.97 Å². The molecule has 0 radical (unpaired) electrons. The molecule has 1 rings (SSSR count). The van der Waals surface area contributed by atoms with Crippen LogP contribution < -0.4 is 0 Å². The van der Waals surface area contributed by atoms with E-state index in [4.69, 9.17) is 16.3 Å². The van der Waals surface area contributed by atoms with E-state index in [1.54, 1.807) is 32.0 Å². The first-order valence-corrected chi connectivity index (χ1v) is 6.03. The maximum Gasteiger partial charge on any atom is 0.325 e. The Morgan fingerprint density at radius 1 is 1.39 bits per heavy atom. The number of amides is 1. The van der Waals surface area contributed by atoms with E-state index >= 15 is 0 Å². The standard InChI is InChI=1S/C12H15ClN2O3/c1-3-15(8-11(16)18-4-2)12(17)9-6-5-7-10(13)14-9/h5-7H,3-4,8H2,1-2H3. The number of rotatable bonds is 5. The fourth-order valence-corrected chi connectivity index (χ4v) is 1.54. The summed E-state index contributed by atoms with van der Waals surface area (Å²) in [5.74, 6) is -0.775. The van der Waals surface area contributed by atoms with Gasteiger partial charge in [0, 0.05) is 6.54 Å². The van der Waals surface area contributed by atoms with Gasteiger partial charge in [-0.25, -0.2) is 4.98 Å². The Kier molecular flexibility index (Phi) is 5.58. The minimum atomic E-state index is -0.435. The van der Waals surface area contributed by atoms with Crippen molar-refractivity contribution < 1.29 is 14.3 Å². The number of halogens is 1. The predicted molar refractivity (Wildman–Crippen MR) is 67.5 cm³/mol. The number of pyridine rings is 1. The lowest BCUT2D eigenvalue weighted by molar-refractivity contribution is -0.143. The molecule has 0 aliphatic carbocycles. The summed E-state index contributed by atoms with van der Waals surface area (Å²) >= 11 is 5.72. The van der Waals surface area contributed by atoms with Gasteiger partial charge in [-0.2, -0.15) is 0 Å². The monoisotopic (exact) mass is 270 g/mol. The number of ether oxygens (including phenoxy) is 1. The lowest BCUT2D eigenvalue weighted by Crippen LogP contribution is -2.36. The number of esters is 1. The number of nitrogens with zero attached hydrogens (tertiary/aromatic N) is 2. The summed E-state index contributed by atoms with van der Waals surface area (Å²) in [4.78, 5) is 28.7. The van der Waals surface area contributed by atoms with E-state index in [1.165, 1.54) is 4.90 Å². The second-order valence-electron chi connectivity index (χ2n) is 3.47. The van der Waals surface area contributed by atoms with Crippen LogP contribution in [0.1, 0.15) is 24.3 Å². The molecule has 1 aromatic rings. The van der Waals surface area contributed by atoms with Crippen LogP contribution in [-0.2, 0) is 9.53 Å². The van der Waals surface area contributed by atoms with Crippen LogP contribution in [0.2, 0.25) is 5.15 Å². The molecule has 18 heavy (non-hydrogen) atoms. The van der Waals surface area contributed by atoms with Crippen molar-refractivity contribution in [2.75, 3.05) is 19.7 Å². The normalized spacial score (nSPS) is 9.94. The lowest BCUT2D eigenvalue weighted by atomic mass is 10.3. The van der Waals surface area contributed by atoms with Gasteiger partial charge < -0.3 is 9.64 Å². The summed E-state index contributed by atoms with van der Waals surface area (Å²) in [6.45, 7) is 4.10. The van der Waals surface area contributed by atoms with Crippen molar-refractivity contribution in [2.24, 2.45) is 0 Å². The molecule has 6 heteroatoms. The van der Waals surface area contributed by atoms with Gasteiger partial charge in [0.15, 0.2) is 0 Å². The zero-order valence-electron chi connectivity index (χ0n) is 10.4. The second kappa shape index (κ2) is 6.96. The highest BCUT2D eigenvalue weighted by Crippen LogP contribution is 2.08. The molecule has 0 N–H and O–H groups in total. The molecule has 0 aliphatic rings. The van der Waals surface area contributed by atoms with Crippen molar-refractivity contribution >= 4 is 23.5 Å². The van der Waals surface area contributed by atoms with Crippen molar-refractivity contribution in [1.29, 1.82) is 0 Å². The third-order valence-corrected chi connectivity index (χ3v) is 2.44. The Hall–Kier alpha value is -1.62. The smallest absolute Gasteiger partial charge is 0.325 e. The van der Waals surface area contributed by atoms with Crippen LogP contribution in [-0.4, -0.2) is 41.5 Å². The predicted octanol–water partition coefficient (Wildman–Crippen LogP) is 1.76. The van der Waals surface area contributed by atoms with Gasteiger partial charge in [0.1, 0.15) is 17.4 Å². The van der Waals surface area contributed by atoms with E-state index in [1.807, 2.05) is 0 Å². The molecule has 0 aromatic carbocycles. The Morgan fingerprint density at radius 3 is 2.67 bits per heavy atom. The van der Waals surface area contributed by atoms with Crippen LogP contribution in [0.4, 0.5) is 0 Å². The average molecular weight is 271 g/mol. The summed E-state index contributed by atoms with van der Waals surface area (Å²) < 4.78 is 4.80. The third kappa shape index (κ3) is 4.00. The van der Waals surface area contributed by atoms with Gasteiger partial charge in [-0.05, 0) is 26.0 Å². The first-order chi connectivity index (χ1) is 8.58. The van der Waals surface area contributed by atoms with Crippen molar-refractivity contribution in [2.45, 2.75) is 13.8 Å². The van der Waals surface area contributed by atoms with E-state index in [0.717, 1.165) is 0 Å². The first kappa shape index (κ1) is 14.4. The highest BCUT2D eigenvalue weighted by Gasteiger charge is 2.19. The molecule has 1 heterocycles. The fraction of sp³-hybridized carbons (Fsp3) is 0.417. The lowest BCUT2D eigenvalue weighted by Gasteiger charge is -2.19. The number of carbonyl (C=O) groups is 2. The molecule has 1 aromatic heterocycles. The quantitative estimate of drug-likeness (QED) is 0.604. The summed E-state index contributed by atoms with van der Waals surface area (Å²) in [6, 6.07) is 4.78. The van der Waals surface area contributed by atoms with E-state index in [-0.39, 0.29) is 23.3 Å². The highest BCUT2D eigenvalue weighted by molar-refractivity contribution is 6.29. The Labute approximate surface area is 111 Å². The first-order valence-electron chi connectivity index (χ1n) is 5.66. The SMILES string of the molecule is CCOC(=O)CN(CC)C(=O)c1cccc(Cl)n1. The molecule has 98 valence electrons. The third-order valence-electron chi connectivity index (χ3n) is 2.23. The van der Waals surface area contributed by atoms with E-state index in [0.29, 0.717) is 13.2 Å². The van der Waals surface area contributed by atoms with Crippen LogP contribution in [0.25, 0.3) is 0 Å². The fourth-order valence-electron chi connectivity index (χ4n) is 1.38. The molecule has 0 saturated heterocycles. The van der Waals surface area contributed by atoms with Crippen LogP contribution >= 0.6 is 11.6 Å². The van der Waals surface area contributed by atoms with Gasteiger partial charge in [-0.15, -0.1) is 0 Å². The van der Waals surface area contributed by atoms with Crippen molar-refractivity contribution in [3.63, 3.8) is 0 Å². The summed E-state index contributed by atoms with van der Waals surface area (Å²) in [6.07, 6.45) is 0. The van der Waals surface area contributed by atoms with Crippen molar-refractivity contribution in [3.8, 4) is 0 Å². The van der Waals surface area contributed by atoms with Crippen LogP contribution in [0.15, 0.2) is 18.2 Å². The van der Waals surface area contributed by atoms with Crippen molar-refractivity contribution in [3.05, 3.63) is 29.0 Å². The summed E-state index contributed by atoms with van der Waals surface area (Å²) in [5, 5.41) is 0.244. The molecule has 0 bridgehead atoms. The van der Waals surface area contributed by atoms with Gasteiger partial charge in [-0.3, -0.25) is 9.59 Å². The maximum absolute atomic E-state index is 12.1. The minimum absolute atomic E-state index is 0.0859. The maximum atomic E-state index is 12.1. The molecule has 0 unspecified atom stereocenters. The molecular weight excluding hydrogens is 256 g/mol. The molecule has 0 atom stereocenters. The van der Waals surface area contributed by atoms with E-state index < -0.39 is 5.97 Å². The number of aromatic nitrogens is 1. The van der Waals surface area contributed by atoms with Crippen LogP contribution in [0.3, 0.4) is 0 Å². The Balaban J connectivity index is 2.76. The number of hydrogen-bond acceptors (Lipinski definition) is 4. The van der Waals surface area contributed by atoms with Gasteiger partial charge in [0.25, 0.3) is 5.91 Å². The average Bonchev–Trinajstić information content (AvgIpc) is 2.35. The zero-order chi connectivity index (χ0) is 13.5. The number of likely N-dealkylation sites (N-methyl/N-ethyl adjacent to an activating group) is 1. The summed E-state index contributed by atoms with van der Waals surface area (Å²) in [5.41, 5.74) is 0.216. The molecule has 0 spiro atoms. The molecule has 1 amide bonds. The summed E-state index contributed by atoms with van der Waals surface area (Å²) in [7, 11) is 0.